The Morgan fingerprint density at radius 2 is 2.44 bits per heavy atom. The standard InChI is InChI=1S/C12H17N3S/c1-8-7-16-12(14-8)9(2)15-11-5-3-4-10(11)6-13/h7,9-11,15H,3-5H2,1-2H3. The summed E-state index contributed by atoms with van der Waals surface area (Å²) >= 11 is 1.69. The Morgan fingerprint density at radius 3 is 3.06 bits per heavy atom. The molecule has 0 aromatic carbocycles. The molecule has 3 atom stereocenters. The molecule has 1 aromatic heterocycles. The average Bonchev–Trinajstić information content (AvgIpc) is 2.86. The first-order chi connectivity index (χ1) is 7.70. The van der Waals surface area contributed by atoms with E-state index in [1.165, 1.54) is 6.42 Å². The number of rotatable bonds is 3. The van der Waals surface area contributed by atoms with Gasteiger partial charge in [0.2, 0.25) is 0 Å². The van der Waals surface area contributed by atoms with Gasteiger partial charge in [-0.25, -0.2) is 4.98 Å². The smallest absolute Gasteiger partial charge is 0.110 e. The van der Waals surface area contributed by atoms with Crippen LogP contribution < -0.4 is 5.32 Å². The maximum Gasteiger partial charge on any atom is 0.110 e. The number of nitrogens with one attached hydrogen (secondary N) is 1. The first kappa shape index (κ1) is 11.6. The summed E-state index contributed by atoms with van der Waals surface area (Å²) in [5.74, 6) is 0.184. The third-order valence-corrected chi connectivity index (χ3v) is 4.30. The zero-order valence-electron chi connectivity index (χ0n) is 9.73. The van der Waals surface area contributed by atoms with E-state index in [1.807, 2.05) is 6.92 Å². The molecule has 0 amide bonds. The van der Waals surface area contributed by atoms with Crippen molar-refractivity contribution in [2.24, 2.45) is 5.92 Å². The Morgan fingerprint density at radius 1 is 1.62 bits per heavy atom. The third-order valence-electron chi connectivity index (χ3n) is 3.15. The van der Waals surface area contributed by atoms with Crippen molar-refractivity contribution in [3.8, 4) is 6.07 Å². The molecular formula is C12H17N3S. The van der Waals surface area contributed by atoms with Crippen LogP contribution in [0.15, 0.2) is 5.38 Å². The zero-order valence-corrected chi connectivity index (χ0v) is 10.5. The van der Waals surface area contributed by atoms with Gasteiger partial charge in [0.1, 0.15) is 5.01 Å². The van der Waals surface area contributed by atoms with Gasteiger partial charge in [0.05, 0.1) is 18.0 Å². The number of hydrogen-bond acceptors (Lipinski definition) is 4. The van der Waals surface area contributed by atoms with Gasteiger partial charge < -0.3 is 5.32 Å². The number of aromatic nitrogens is 1. The van der Waals surface area contributed by atoms with Crippen LogP contribution in [0.4, 0.5) is 0 Å². The largest absolute Gasteiger partial charge is 0.304 e. The summed E-state index contributed by atoms with van der Waals surface area (Å²) in [5, 5.41) is 15.8. The van der Waals surface area contributed by atoms with Gasteiger partial charge in [-0.3, -0.25) is 0 Å². The second-order valence-electron chi connectivity index (χ2n) is 4.49. The molecule has 2 rings (SSSR count). The molecule has 1 saturated carbocycles. The Labute approximate surface area is 101 Å². The molecule has 0 saturated heterocycles. The zero-order chi connectivity index (χ0) is 11.5. The van der Waals surface area contributed by atoms with E-state index in [1.54, 1.807) is 11.3 Å². The van der Waals surface area contributed by atoms with Crippen LogP contribution >= 0.6 is 11.3 Å². The molecule has 16 heavy (non-hydrogen) atoms. The summed E-state index contributed by atoms with van der Waals surface area (Å²) in [7, 11) is 0. The van der Waals surface area contributed by atoms with E-state index in [4.69, 9.17) is 5.26 Å². The van der Waals surface area contributed by atoms with Crippen LogP contribution in [0.5, 0.6) is 0 Å². The predicted molar refractivity (Wildman–Crippen MR) is 65.1 cm³/mol. The molecule has 0 bridgehead atoms. The summed E-state index contributed by atoms with van der Waals surface area (Å²) in [6.07, 6.45) is 3.32. The summed E-state index contributed by atoms with van der Waals surface area (Å²) in [5.41, 5.74) is 1.08. The second-order valence-corrected chi connectivity index (χ2v) is 5.38. The molecule has 0 aliphatic heterocycles. The minimum Gasteiger partial charge on any atom is -0.304 e. The van der Waals surface area contributed by atoms with Crippen LogP contribution in [-0.4, -0.2) is 11.0 Å². The van der Waals surface area contributed by atoms with Gasteiger partial charge >= 0.3 is 0 Å². The number of hydrogen-bond donors (Lipinski definition) is 1. The Kier molecular flexibility index (Phi) is 3.57. The van der Waals surface area contributed by atoms with Crippen molar-refractivity contribution in [1.29, 1.82) is 5.26 Å². The van der Waals surface area contributed by atoms with Crippen molar-refractivity contribution in [1.82, 2.24) is 10.3 Å². The van der Waals surface area contributed by atoms with Crippen LogP contribution in [0.3, 0.4) is 0 Å². The van der Waals surface area contributed by atoms with E-state index >= 15 is 0 Å². The Bertz CT molecular complexity index is 393. The number of nitrogens with zero attached hydrogens (tertiary/aromatic N) is 2. The molecular weight excluding hydrogens is 218 g/mol. The summed E-state index contributed by atoms with van der Waals surface area (Å²) < 4.78 is 0. The quantitative estimate of drug-likeness (QED) is 0.876. The SMILES string of the molecule is Cc1csc(C(C)NC2CCCC2C#N)n1. The monoisotopic (exact) mass is 235 g/mol. The average molecular weight is 235 g/mol. The van der Waals surface area contributed by atoms with Crippen molar-refractivity contribution >= 4 is 11.3 Å². The fourth-order valence-corrected chi connectivity index (χ4v) is 3.09. The molecule has 1 N–H and O–H groups in total. The van der Waals surface area contributed by atoms with Crippen LogP contribution in [0.2, 0.25) is 0 Å². The third kappa shape index (κ3) is 2.42. The van der Waals surface area contributed by atoms with Crippen molar-refractivity contribution in [3.63, 3.8) is 0 Å². The molecule has 1 fully saturated rings. The van der Waals surface area contributed by atoms with E-state index in [0.29, 0.717) is 6.04 Å². The lowest BCUT2D eigenvalue weighted by Crippen LogP contribution is -2.33. The number of thiazole rings is 1. The van der Waals surface area contributed by atoms with E-state index in [2.05, 4.69) is 28.7 Å². The summed E-state index contributed by atoms with van der Waals surface area (Å²) in [6.45, 7) is 4.14. The van der Waals surface area contributed by atoms with Crippen molar-refractivity contribution in [2.45, 2.75) is 45.2 Å². The van der Waals surface area contributed by atoms with Gasteiger partial charge in [0.15, 0.2) is 0 Å². The molecule has 3 nitrogen and oxygen atoms in total. The van der Waals surface area contributed by atoms with E-state index in [-0.39, 0.29) is 12.0 Å². The van der Waals surface area contributed by atoms with E-state index in [0.717, 1.165) is 23.5 Å². The molecule has 1 aliphatic carbocycles. The number of nitriles is 1. The predicted octanol–water partition coefficient (Wildman–Crippen LogP) is 2.79. The fourth-order valence-electron chi connectivity index (χ4n) is 2.28. The van der Waals surface area contributed by atoms with Crippen LogP contribution in [0, 0.1) is 24.2 Å². The van der Waals surface area contributed by atoms with Crippen LogP contribution in [0.25, 0.3) is 0 Å². The van der Waals surface area contributed by atoms with Gasteiger partial charge in [-0.05, 0) is 26.7 Å². The topological polar surface area (TPSA) is 48.7 Å². The molecule has 4 heteroatoms. The minimum atomic E-state index is 0.184. The highest BCUT2D eigenvalue weighted by atomic mass is 32.1. The molecule has 1 heterocycles. The van der Waals surface area contributed by atoms with Gasteiger partial charge in [0, 0.05) is 17.1 Å². The van der Waals surface area contributed by atoms with Crippen molar-refractivity contribution in [3.05, 3.63) is 16.1 Å². The molecule has 86 valence electrons. The van der Waals surface area contributed by atoms with Crippen LogP contribution in [0.1, 0.15) is 42.9 Å². The van der Waals surface area contributed by atoms with Crippen molar-refractivity contribution < 1.29 is 0 Å². The van der Waals surface area contributed by atoms with Gasteiger partial charge in [-0.1, -0.05) is 6.42 Å². The Balaban J connectivity index is 1.97. The first-order valence-corrected chi connectivity index (χ1v) is 6.66. The molecule has 1 aliphatic rings. The van der Waals surface area contributed by atoms with Gasteiger partial charge in [0.25, 0.3) is 0 Å². The highest BCUT2D eigenvalue weighted by molar-refractivity contribution is 7.09. The van der Waals surface area contributed by atoms with Gasteiger partial charge in [-0.15, -0.1) is 11.3 Å². The van der Waals surface area contributed by atoms with Crippen LogP contribution in [-0.2, 0) is 0 Å². The summed E-state index contributed by atoms with van der Waals surface area (Å²) in [4.78, 5) is 4.48. The van der Waals surface area contributed by atoms with Gasteiger partial charge in [-0.2, -0.15) is 5.26 Å². The first-order valence-electron chi connectivity index (χ1n) is 5.78. The second kappa shape index (κ2) is 4.94. The highest BCUT2D eigenvalue weighted by Crippen LogP contribution is 2.28. The normalized spacial score (nSPS) is 26.6. The molecule has 0 spiro atoms. The maximum atomic E-state index is 9.02. The lowest BCUT2D eigenvalue weighted by atomic mass is 10.1. The molecule has 0 radical (unpaired) electrons. The maximum absolute atomic E-state index is 9.02. The summed E-state index contributed by atoms with van der Waals surface area (Å²) in [6, 6.07) is 3.01. The minimum absolute atomic E-state index is 0.184. The number of aryl methyl sites for hydroxylation is 1. The molecule has 3 unspecified atom stereocenters. The fraction of sp³-hybridized carbons (Fsp3) is 0.667. The van der Waals surface area contributed by atoms with E-state index < -0.39 is 0 Å². The molecule has 1 aromatic rings. The lowest BCUT2D eigenvalue weighted by molar-refractivity contribution is 0.416. The Hall–Kier alpha value is -0.920. The lowest BCUT2D eigenvalue weighted by Gasteiger charge is -2.19. The highest BCUT2D eigenvalue weighted by Gasteiger charge is 2.28. The van der Waals surface area contributed by atoms with E-state index in [9.17, 15) is 0 Å². The van der Waals surface area contributed by atoms with Crippen molar-refractivity contribution in [2.75, 3.05) is 0 Å².